The molecule has 0 aliphatic rings. The molecular weight excluding hydrogens is 265 g/mol. The van der Waals surface area contributed by atoms with E-state index in [4.69, 9.17) is 0 Å². The van der Waals surface area contributed by atoms with Gasteiger partial charge in [0.05, 0.1) is 12.3 Å². The molecule has 1 rings (SSSR count). The number of hydrogen-bond donors (Lipinski definition) is 2. The highest BCUT2D eigenvalue weighted by molar-refractivity contribution is 5.91. The van der Waals surface area contributed by atoms with Crippen LogP contribution in [0.5, 0.6) is 0 Å². The van der Waals surface area contributed by atoms with E-state index in [1.807, 2.05) is 5.32 Å². The number of rotatable bonds is 4. The van der Waals surface area contributed by atoms with E-state index in [1.54, 1.807) is 6.92 Å². The van der Waals surface area contributed by atoms with Crippen LogP contribution >= 0.6 is 0 Å². The van der Waals surface area contributed by atoms with Gasteiger partial charge in [-0.3, -0.25) is 4.79 Å². The number of urea groups is 1. The van der Waals surface area contributed by atoms with Crippen LogP contribution in [-0.4, -0.2) is 25.2 Å². The van der Waals surface area contributed by atoms with Crippen molar-refractivity contribution in [1.29, 1.82) is 0 Å². The molecule has 2 N–H and O–H groups in total. The van der Waals surface area contributed by atoms with E-state index in [-0.39, 0.29) is 6.61 Å². The van der Waals surface area contributed by atoms with Crippen molar-refractivity contribution in [2.24, 2.45) is 0 Å². The van der Waals surface area contributed by atoms with Crippen LogP contribution in [0.2, 0.25) is 0 Å². The lowest BCUT2D eigenvalue weighted by molar-refractivity contribution is -0.141. The van der Waals surface area contributed by atoms with Gasteiger partial charge in [0.1, 0.15) is 6.54 Å². The Balaban J connectivity index is 2.58. The number of halogens is 3. The standard InChI is InChI=1S/C11H11F3N2O3/c1-2-19-8(17)5-15-11(18)16-7-4-3-6(12)9(13)10(7)14/h3-4H,2,5H2,1H3,(H2,15,16,18). The normalized spacial score (nSPS) is 9.89. The van der Waals surface area contributed by atoms with Gasteiger partial charge in [0.25, 0.3) is 0 Å². The van der Waals surface area contributed by atoms with Gasteiger partial charge in [0.15, 0.2) is 17.5 Å². The fourth-order valence-corrected chi connectivity index (χ4v) is 1.15. The molecule has 8 heteroatoms. The Bertz CT molecular complexity index is 494. The Morgan fingerprint density at radius 2 is 1.89 bits per heavy atom. The summed E-state index contributed by atoms with van der Waals surface area (Å²) >= 11 is 0. The van der Waals surface area contributed by atoms with Crippen LogP contribution in [0.15, 0.2) is 12.1 Å². The van der Waals surface area contributed by atoms with Gasteiger partial charge in [0, 0.05) is 0 Å². The fraction of sp³-hybridized carbons (Fsp3) is 0.273. The van der Waals surface area contributed by atoms with Gasteiger partial charge < -0.3 is 15.4 Å². The van der Waals surface area contributed by atoms with E-state index in [0.29, 0.717) is 6.07 Å². The summed E-state index contributed by atoms with van der Waals surface area (Å²) in [6.45, 7) is 1.32. The lowest BCUT2D eigenvalue weighted by Crippen LogP contribution is -2.34. The molecular formula is C11H11F3N2O3. The van der Waals surface area contributed by atoms with Crippen molar-refractivity contribution in [1.82, 2.24) is 5.32 Å². The first-order valence-electron chi connectivity index (χ1n) is 5.29. The molecule has 0 aliphatic heterocycles. The van der Waals surface area contributed by atoms with E-state index < -0.39 is 41.7 Å². The predicted octanol–water partition coefficient (Wildman–Crippen LogP) is 1.79. The highest BCUT2D eigenvalue weighted by atomic mass is 19.2. The average Bonchev–Trinajstić information content (AvgIpc) is 2.37. The number of ether oxygens (including phenoxy) is 1. The number of nitrogens with one attached hydrogen (secondary N) is 2. The van der Waals surface area contributed by atoms with Crippen LogP contribution in [0, 0.1) is 17.5 Å². The third-order valence-corrected chi connectivity index (χ3v) is 1.98. The van der Waals surface area contributed by atoms with Crippen LogP contribution in [0.3, 0.4) is 0 Å². The molecule has 0 radical (unpaired) electrons. The van der Waals surface area contributed by atoms with Gasteiger partial charge in [-0.25, -0.2) is 18.0 Å². The second-order valence-electron chi connectivity index (χ2n) is 3.34. The smallest absolute Gasteiger partial charge is 0.325 e. The lowest BCUT2D eigenvalue weighted by atomic mass is 10.3. The van der Waals surface area contributed by atoms with E-state index >= 15 is 0 Å². The molecule has 19 heavy (non-hydrogen) atoms. The monoisotopic (exact) mass is 276 g/mol. The molecule has 0 atom stereocenters. The van der Waals surface area contributed by atoms with Gasteiger partial charge in [-0.1, -0.05) is 0 Å². The van der Waals surface area contributed by atoms with Crippen LogP contribution < -0.4 is 10.6 Å². The van der Waals surface area contributed by atoms with Gasteiger partial charge >= 0.3 is 12.0 Å². The van der Waals surface area contributed by atoms with Crippen molar-refractivity contribution in [3.05, 3.63) is 29.6 Å². The minimum Gasteiger partial charge on any atom is -0.465 e. The topological polar surface area (TPSA) is 67.4 Å². The van der Waals surface area contributed by atoms with Crippen molar-refractivity contribution in [3.63, 3.8) is 0 Å². The lowest BCUT2D eigenvalue weighted by Gasteiger charge is -2.08. The van der Waals surface area contributed by atoms with Crippen LogP contribution in [-0.2, 0) is 9.53 Å². The highest BCUT2D eigenvalue weighted by Crippen LogP contribution is 2.19. The summed E-state index contributed by atoms with van der Waals surface area (Å²) in [7, 11) is 0. The fourth-order valence-electron chi connectivity index (χ4n) is 1.15. The van der Waals surface area contributed by atoms with Crippen molar-refractivity contribution < 1.29 is 27.5 Å². The Labute approximate surface area is 106 Å². The van der Waals surface area contributed by atoms with Gasteiger partial charge in [-0.2, -0.15) is 0 Å². The maximum atomic E-state index is 13.2. The molecule has 0 saturated heterocycles. The number of carbonyl (C=O) groups excluding carboxylic acids is 2. The molecule has 0 heterocycles. The minimum absolute atomic E-state index is 0.153. The largest absolute Gasteiger partial charge is 0.465 e. The zero-order valence-corrected chi connectivity index (χ0v) is 9.93. The zero-order chi connectivity index (χ0) is 14.4. The molecule has 0 aromatic heterocycles. The third kappa shape index (κ3) is 4.16. The molecule has 0 fully saturated rings. The Morgan fingerprint density at radius 3 is 2.53 bits per heavy atom. The Morgan fingerprint density at radius 1 is 1.21 bits per heavy atom. The van der Waals surface area contributed by atoms with E-state index in [0.717, 1.165) is 6.07 Å². The van der Waals surface area contributed by atoms with Crippen LogP contribution in [0.1, 0.15) is 6.92 Å². The van der Waals surface area contributed by atoms with Crippen LogP contribution in [0.4, 0.5) is 23.7 Å². The van der Waals surface area contributed by atoms with E-state index in [9.17, 15) is 22.8 Å². The molecule has 0 saturated carbocycles. The SMILES string of the molecule is CCOC(=O)CNC(=O)Nc1ccc(F)c(F)c1F. The maximum absolute atomic E-state index is 13.2. The summed E-state index contributed by atoms with van der Waals surface area (Å²) in [6, 6.07) is 0.579. The quantitative estimate of drug-likeness (QED) is 0.650. The van der Waals surface area contributed by atoms with Crippen molar-refractivity contribution in [2.45, 2.75) is 6.92 Å². The highest BCUT2D eigenvalue weighted by Gasteiger charge is 2.15. The number of hydrogen-bond acceptors (Lipinski definition) is 3. The number of amides is 2. The second kappa shape index (κ2) is 6.62. The first-order chi connectivity index (χ1) is 8.95. The molecule has 0 aliphatic carbocycles. The molecule has 0 bridgehead atoms. The molecule has 1 aromatic carbocycles. The number of carbonyl (C=O) groups is 2. The van der Waals surface area contributed by atoms with Crippen LogP contribution in [0.25, 0.3) is 0 Å². The summed E-state index contributed by atoms with van der Waals surface area (Å²) in [5.41, 5.74) is -0.541. The zero-order valence-electron chi connectivity index (χ0n) is 9.93. The number of esters is 1. The predicted molar refractivity (Wildman–Crippen MR) is 60.0 cm³/mol. The van der Waals surface area contributed by atoms with Crippen molar-refractivity contribution in [3.8, 4) is 0 Å². The minimum atomic E-state index is -1.69. The molecule has 5 nitrogen and oxygen atoms in total. The Kier molecular flexibility index (Phi) is 5.16. The third-order valence-electron chi connectivity index (χ3n) is 1.98. The summed E-state index contributed by atoms with van der Waals surface area (Å²) in [5, 5.41) is 4.01. The summed E-state index contributed by atoms with van der Waals surface area (Å²) in [4.78, 5) is 22.2. The molecule has 2 amide bonds. The van der Waals surface area contributed by atoms with Gasteiger partial charge in [-0.15, -0.1) is 0 Å². The average molecular weight is 276 g/mol. The van der Waals surface area contributed by atoms with Gasteiger partial charge in [0.2, 0.25) is 0 Å². The summed E-state index contributed by atoms with van der Waals surface area (Å²) in [6.07, 6.45) is 0. The first-order valence-corrected chi connectivity index (χ1v) is 5.29. The molecule has 0 spiro atoms. The maximum Gasteiger partial charge on any atom is 0.325 e. The Hall–Kier alpha value is -2.25. The van der Waals surface area contributed by atoms with E-state index in [2.05, 4.69) is 10.1 Å². The number of benzene rings is 1. The number of anilines is 1. The molecule has 104 valence electrons. The molecule has 1 aromatic rings. The summed E-state index contributed by atoms with van der Waals surface area (Å²) in [5.74, 6) is -5.26. The van der Waals surface area contributed by atoms with Crippen molar-refractivity contribution >= 4 is 17.7 Å². The van der Waals surface area contributed by atoms with Crippen molar-refractivity contribution in [2.75, 3.05) is 18.5 Å². The van der Waals surface area contributed by atoms with Gasteiger partial charge in [-0.05, 0) is 19.1 Å². The first kappa shape index (κ1) is 14.8. The summed E-state index contributed by atoms with van der Waals surface area (Å²) < 4.78 is 43.2. The second-order valence-corrected chi connectivity index (χ2v) is 3.34. The molecule has 0 unspecified atom stereocenters. The van der Waals surface area contributed by atoms with E-state index in [1.165, 1.54) is 0 Å².